The quantitative estimate of drug-likeness (QED) is 0.108. The van der Waals surface area contributed by atoms with Gasteiger partial charge in [0.15, 0.2) is 0 Å². The predicted molar refractivity (Wildman–Crippen MR) is 243 cm³/mol. The van der Waals surface area contributed by atoms with Crippen molar-refractivity contribution in [3.63, 3.8) is 0 Å². The summed E-state index contributed by atoms with van der Waals surface area (Å²) < 4.78 is 20.6. The molecule has 0 saturated carbocycles. The van der Waals surface area contributed by atoms with Crippen LogP contribution in [0.2, 0.25) is 0 Å². The van der Waals surface area contributed by atoms with Gasteiger partial charge in [0.25, 0.3) is 0 Å². The molecule has 0 atom stereocenters. The molecule has 2 aromatic carbocycles. The summed E-state index contributed by atoms with van der Waals surface area (Å²) in [7, 11) is 0. The molecule has 6 rings (SSSR count). The summed E-state index contributed by atoms with van der Waals surface area (Å²) in [5.74, 6) is 0.861. The van der Waals surface area contributed by atoms with Crippen LogP contribution in [0.1, 0.15) is 106 Å². The number of hydrogen-bond acceptors (Lipinski definition) is 10. The summed E-state index contributed by atoms with van der Waals surface area (Å²) in [5.41, 5.74) is 4.54. The number of hydrogen-bond donors (Lipinski definition) is 0. The van der Waals surface area contributed by atoms with Gasteiger partial charge in [-0.1, -0.05) is 116 Å². The lowest BCUT2D eigenvalue weighted by Crippen LogP contribution is -2.46. The average molecular weight is 795 g/mol. The van der Waals surface area contributed by atoms with E-state index >= 15 is 0 Å². The molecule has 324 valence electrons. The standard InChI is InChI=1S/C19H27N3O2.C13H20N2.C7H11NO2.4C2H6/c1-17-16-18(20-24-17)8-15-23-14-5-9-21-10-12-22(13-11-21)19-6-3-2-4-7-19;1-2-8-14-9-11-15(12-10-14)13-6-4-3-5-7-13;1-2-4-9-6-7-3-5-10-8-7;4*1-2/h2-4,6-7,16H,5,8-15H2,1H3;3-7H,2,8-12H2,1H3;3,5H,2,4,6H2,1H3;4*1-2H3. The van der Waals surface area contributed by atoms with Gasteiger partial charge < -0.3 is 28.3 Å². The summed E-state index contributed by atoms with van der Waals surface area (Å²) in [6, 6.07) is 25.2. The third-order valence-electron chi connectivity index (χ3n) is 8.56. The van der Waals surface area contributed by atoms with Crippen molar-refractivity contribution in [3.8, 4) is 0 Å². The fourth-order valence-corrected chi connectivity index (χ4v) is 5.89. The van der Waals surface area contributed by atoms with Gasteiger partial charge in [-0.05, 0) is 57.0 Å². The lowest BCUT2D eigenvalue weighted by molar-refractivity contribution is 0.116. The minimum absolute atomic E-state index is 0.560. The molecule has 2 aliphatic heterocycles. The van der Waals surface area contributed by atoms with Crippen molar-refractivity contribution in [2.24, 2.45) is 0 Å². The Morgan fingerprint density at radius 1 is 0.561 bits per heavy atom. The van der Waals surface area contributed by atoms with E-state index in [1.54, 1.807) is 12.3 Å². The van der Waals surface area contributed by atoms with Gasteiger partial charge in [0.2, 0.25) is 0 Å². The van der Waals surface area contributed by atoms with Gasteiger partial charge in [0.1, 0.15) is 17.7 Å². The van der Waals surface area contributed by atoms with Crippen LogP contribution in [-0.4, -0.2) is 105 Å². The lowest BCUT2D eigenvalue weighted by Gasteiger charge is -2.36. The zero-order valence-electron chi connectivity index (χ0n) is 38.0. The number of benzene rings is 2. The highest BCUT2D eigenvalue weighted by Gasteiger charge is 2.17. The van der Waals surface area contributed by atoms with Crippen LogP contribution in [0.4, 0.5) is 11.4 Å². The average Bonchev–Trinajstić information content (AvgIpc) is 3.98. The monoisotopic (exact) mass is 795 g/mol. The number of aromatic nitrogens is 2. The maximum atomic E-state index is 5.71. The summed E-state index contributed by atoms with van der Waals surface area (Å²) in [4.78, 5) is 10.0. The number of rotatable bonds is 15. The molecule has 2 aromatic heterocycles. The van der Waals surface area contributed by atoms with Crippen LogP contribution in [0, 0.1) is 6.92 Å². The van der Waals surface area contributed by atoms with Crippen molar-refractivity contribution >= 4 is 11.4 Å². The van der Waals surface area contributed by atoms with E-state index in [9.17, 15) is 0 Å². The Kier molecular flexibility index (Phi) is 35.4. The molecule has 10 heteroatoms. The molecule has 2 aliphatic rings. The molecular formula is C47H82N6O4. The SMILES string of the molecule is CC.CC.CC.CC.CCCN1CCN(c2ccccc2)CC1.CCCOCc1ccon1.Cc1cc(CCOCCCN2CCN(c3ccccc3)CC2)no1. The topological polar surface area (TPSA) is 83.5 Å². The van der Waals surface area contributed by atoms with Crippen molar-refractivity contribution in [2.45, 2.75) is 108 Å². The maximum absolute atomic E-state index is 5.71. The Balaban J connectivity index is 0.000000814. The van der Waals surface area contributed by atoms with Gasteiger partial charge in [-0.15, -0.1) is 0 Å². The number of aryl methyl sites for hydroxylation is 1. The van der Waals surface area contributed by atoms with Crippen LogP contribution in [0.15, 0.2) is 88.1 Å². The van der Waals surface area contributed by atoms with E-state index in [2.05, 4.69) is 109 Å². The van der Waals surface area contributed by atoms with Crippen LogP contribution in [0.3, 0.4) is 0 Å². The van der Waals surface area contributed by atoms with Gasteiger partial charge >= 0.3 is 0 Å². The molecule has 57 heavy (non-hydrogen) atoms. The molecule has 0 unspecified atom stereocenters. The van der Waals surface area contributed by atoms with Gasteiger partial charge in [-0.25, -0.2) is 0 Å². The van der Waals surface area contributed by atoms with Crippen molar-refractivity contribution in [1.82, 2.24) is 20.1 Å². The maximum Gasteiger partial charge on any atom is 0.133 e. The minimum Gasteiger partial charge on any atom is -0.381 e. The zero-order valence-corrected chi connectivity index (χ0v) is 38.0. The fraction of sp³-hybridized carbons (Fsp3) is 0.617. The summed E-state index contributed by atoms with van der Waals surface area (Å²) in [6.45, 7) is 36.7. The Morgan fingerprint density at radius 2 is 1.09 bits per heavy atom. The predicted octanol–water partition coefficient (Wildman–Crippen LogP) is 10.7. The van der Waals surface area contributed by atoms with E-state index in [0.29, 0.717) is 13.2 Å². The third-order valence-corrected chi connectivity index (χ3v) is 8.56. The van der Waals surface area contributed by atoms with Gasteiger partial charge in [0.05, 0.1) is 18.9 Å². The molecule has 0 aliphatic carbocycles. The number of nitrogens with zero attached hydrogens (tertiary/aromatic N) is 6. The fourth-order valence-electron chi connectivity index (χ4n) is 5.89. The number of para-hydroxylation sites is 2. The van der Waals surface area contributed by atoms with E-state index in [1.807, 2.05) is 68.4 Å². The van der Waals surface area contributed by atoms with Crippen LogP contribution in [0.5, 0.6) is 0 Å². The molecule has 4 heterocycles. The second-order valence-electron chi connectivity index (χ2n) is 12.5. The molecule has 0 bridgehead atoms. The van der Waals surface area contributed by atoms with Crippen LogP contribution < -0.4 is 9.80 Å². The molecule has 10 nitrogen and oxygen atoms in total. The largest absolute Gasteiger partial charge is 0.381 e. The second kappa shape index (κ2) is 37.9. The third kappa shape index (κ3) is 24.6. The Labute approximate surface area is 348 Å². The minimum atomic E-state index is 0.560. The Morgan fingerprint density at radius 3 is 1.53 bits per heavy atom. The van der Waals surface area contributed by atoms with Gasteiger partial charge in [-0.3, -0.25) is 9.80 Å². The first-order valence-corrected chi connectivity index (χ1v) is 22.2. The molecule has 0 amide bonds. The van der Waals surface area contributed by atoms with E-state index in [4.69, 9.17) is 14.0 Å². The number of ether oxygens (including phenoxy) is 2. The van der Waals surface area contributed by atoms with Crippen LogP contribution >= 0.6 is 0 Å². The second-order valence-corrected chi connectivity index (χ2v) is 12.5. The molecular weight excluding hydrogens is 713 g/mol. The molecule has 0 spiro atoms. The molecule has 2 saturated heterocycles. The van der Waals surface area contributed by atoms with Crippen LogP contribution in [-0.2, 0) is 22.5 Å². The van der Waals surface area contributed by atoms with Crippen molar-refractivity contribution in [1.29, 1.82) is 0 Å². The first kappa shape index (κ1) is 53.3. The first-order valence-electron chi connectivity index (χ1n) is 22.2. The van der Waals surface area contributed by atoms with Crippen molar-refractivity contribution < 1.29 is 18.5 Å². The normalized spacial score (nSPS) is 13.6. The van der Waals surface area contributed by atoms with Crippen molar-refractivity contribution in [3.05, 3.63) is 96.2 Å². The highest BCUT2D eigenvalue weighted by Crippen LogP contribution is 2.16. The van der Waals surface area contributed by atoms with E-state index in [0.717, 1.165) is 82.3 Å². The molecule has 4 aromatic rings. The number of piperazine rings is 2. The smallest absolute Gasteiger partial charge is 0.133 e. The highest BCUT2D eigenvalue weighted by atomic mass is 16.5. The lowest BCUT2D eigenvalue weighted by atomic mass is 10.2. The van der Waals surface area contributed by atoms with Gasteiger partial charge in [-0.2, -0.15) is 0 Å². The van der Waals surface area contributed by atoms with E-state index in [-0.39, 0.29) is 0 Å². The summed E-state index contributed by atoms with van der Waals surface area (Å²) in [6.07, 6.45) is 5.77. The highest BCUT2D eigenvalue weighted by molar-refractivity contribution is 5.47. The van der Waals surface area contributed by atoms with Gasteiger partial charge in [0, 0.05) is 102 Å². The molecule has 0 N–H and O–H groups in total. The Hall–Kier alpha value is -3.70. The molecule has 2 fully saturated rings. The van der Waals surface area contributed by atoms with Crippen LogP contribution in [0.25, 0.3) is 0 Å². The molecule has 0 radical (unpaired) electrons. The van der Waals surface area contributed by atoms with E-state index in [1.165, 1.54) is 50.5 Å². The summed E-state index contributed by atoms with van der Waals surface area (Å²) in [5, 5.41) is 7.66. The number of anilines is 2. The van der Waals surface area contributed by atoms with Crippen molar-refractivity contribution in [2.75, 3.05) is 95.1 Å². The van der Waals surface area contributed by atoms with E-state index < -0.39 is 0 Å². The first-order chi connectivity index (χ1) is 28.1. The zero-order chi connectivity index (χ0) is 42.4. The summed E-state index contributed by atoms with van der Waals surface area (Å²) >= 11 is 0. The Bertz CT molecular complexity index is 1340.